The highest BCUT2D eigenvalue weighted by Gasteiger charge is 2.09. The fraction of sp³-hybridized carbons (Fsp3) is 0.333. The molecule has 0 saturated heterocycles. The van der Waals surface area contributed by atoms with Gasteiger partial charge in [0.05, 0.1) is 12.0 Å². The van der Waals surface area contributed by atoms with E-state index in [0.717, 1.165) is 0 Å². The van der Waals surface area contributed by atoms with Gasteiger partial charge in [0.25, 0.3) is 0 Å². The van der Waals surface area contributed by atoms with Crippen molar-refractivity contribution >= 4 is 16.9 Å². The molecule has 0 saturated carbocycles. The third kappa shape index (κ3) is 3.95. The molecular weight excluding hydrogens is 244 g/mol. The summed E-state index contributed by atoms with van der Waals surface area (Å²) in [6.07, 6.45) is -0.0199. The Balaban J connectivity index is 0.000000861. The summed E-state index contributed by atoms with van der Waals surface area (Å²) < 4.78 is 10.3. The Labute approximate surface area is 112 Å². The van der Waals surface area contributed by atoms with Crippen molar-refractivity contribution < 1.29 is 13.9 Å². The van der Waals surface area contributed by atoms with Crippen LogP contribution in [-0.2, 0) is 16.0 Å². The van der Waals surface area contributed by atoms with Crippen LogP contribution in [0.3, 0.4) is 0 Å². The minimum atomic E-state index is -0.397. The maximum absolute atomic E-state index is 11.7. The molecular formula is C15H18O4. The number of benzene rings is 1. The molecule has 0 bridgehead atoms. The van der Waals surface area contributed by atoms with E-state index in [2.05, 4.69) is 0 Å². The SMILES string of the molecule is CC.CCOC(=O)Cc1cc(=O)c2ccccc2o1. The summed E-state index contributed by atoms with van der Waals surface area (Å²) in [6.45, 7) is 6.05. The fourth-order valence-corrected chi connectivity index (χ4v) is 1.60. The highest BCUT2D eigenvalue weighted by atomic mass is 16.5. The van der Waals surface area contributed by atoms with Crippen LogP contribution in [0.2, 0.25) is 0 Å². The molecule has 19 heavy (non-hydrogen) atoms. The van der Waals surface area contributed by atoms with Crippen LogP contribution in [0.25, 0.3) is 11.0 Å². The first kappa shape index (κ1) is 15.0. The van der Waals surface area contributed by atoms with Crippen LogP contribution in [-0.4, -0.2) is 12.6 Å². The van der Waals surface area contributed by atoms with E-state index in [9.17, 15) is 9.59 Å². The molecule has 1 heterocycles. The molecule has 2 rings (SSSR count). The maximum Gasteiger partial charge on any atom is 0.313 e. The molecule has 0 aliphatic rings. The summed E-state index contributed by atoms with van der Waals surface area (Å²) in [5, 5.41) is 0.514. The van der Waals surface area contributed by atoms with Crippen molar-refractivity contribution in [2.24, 2.45) is 0 Å². The van der Waals surface area contributed by atoms with E-state index in [1.165, 1.54) is 6.07 Å². The van der Waals surface area contributed by atoms with Gasteiger partial charge in [0.1, 0.15) is 17.8 Å². The van der Waals surface area contributed by atoms with Crippen molar-refractivity contribution in [1.29, 1.82) is 0 Å². The number of hydrogen-bond acceptors (Lipinski definition) is 4. The minimum absolute atomic E-state index is 0.0199. The molecule has 1 aromatic carbocycles. The van der Waals surface area contributed by atoms with Gasteiger partial charge in [-0.25, -0.2) is 0 Å². The van der Waals surface area contributed by atoms with E-state index in [1.54, 1.807) is 31.2 Å². The predicted molar refractivity (Wildman–Crippen MR) is 74.2 cm³/mol. The van der Waals surface area contributed by atoms with E-state index in [0.29, 0.717) is 23.3 Å². The van der Waals surface area contributed by atoms with E-state index >= 15 is 0 Å². The number of esters is 1. The lowest BCUT2D eigenvalue weighted by Crippen LogP contribution is -2.10. The molecule has 1 aromatic heterocycles. The molecule has 0 amide bonds. The van der Waals surface area contributed by atoms with Crippen LogP contribution in [0.15, 0.2) is 39.5 Å². The van der Waals surface area contributed by atoms with Crippen molar-refractivity contribution in [2.45, 2.75) is 27.2 Å². The largest absolute Gasteiger partial charge is 0.466 e. The molecule has 0 radical (unpaired) electrons. The van der Waals surface area contributed by atoms with Crippen molar-refractivity contribution in [3.05, 3.63) is 46.3 Å². The normalized spacial score (nSPS) is 9.63. The first-order valence-corrected chi connectivity index (χ1v) is 6.38. The molecule has 102 valence electrons. The molecule has 0 aliphatic carbocycles. The van der Waals surface area contributed by atoms with Crippen LogP contribution in [0, 0.1) is 0 Å². The summed E-state index contributed by atoms with van der Waals surface area (Å²) in [5.74, 6) is -0.0712. The highest BCUT2D eigenvalue weighted by molar-refractivity contribution is 5.77. The van der Waals surface area contributed by atoms with Crippen molar-refractivity contribution in [3.8, 4) is 0 Å². The van der Waals surface area contributed by atoms with Crippen LogP contribution < -0.4 is 5.43 Å². The van der Waals surface area contributed by atoms with Gasteiger partial charge in [0.15, 0.2) is 5.43 Å². The summed E-state index contributed by atoms with van der Waals surface area (Å²) in [4.78, 5) is 23.0. The summed E-state index contributed by atoms with van der Waals surface area (Å²) in [5.41, 5.74) is 0.338. The highest BCUT2D eigenvalue weighted by Crippen LogP contribution is 2.12. The first-order chi connectivity index (χ1) is 9.20. The molecule has 0 unspecified atom stereocenters. The molecule has 2 aromatic rings. The van der Waals surface area contributed by atoms with Crippen LogP contribution in [0.5, 0.6) is 0 Å². The molecule has 4 nitrogen and oxygen atoms in total. The Bertz CT molecular complexity index is 598. The molecule has 0 atom stereocenters. The molecule has 0 spiro atoms. The van der Waals surface area contributed by atoms with Gasteiger partial charge in [0.2, 0.25) is 0 Å². The predicted octanol–water partition coefficient (Wildman–Crippen LogP) is 2.92. The monoisotopic (exact) mass is 262 g/mol. The van der Waals surface area contributed by atoms with E-state index in [-0.39, 0.29) is 11.8 Å². The number of hydrogen-bond donors (Lipinski definition) is 0. The van der Waals surface area contributed by atoms with Crippen LogP contribution in [0.4, 0.5) is 0 Å². The zero-order chi connectivity index (χ0) is 14.3. The Morgan fingerprint density at radius 1 is 1.26 bits per heavy atom. The topological polar surface area (TPSA) is 56.5 Å². The van der Waals surface area contributed by atoms with Gasteiger partial charge in [-0.3, -0.25) is 9.59 Å². The van der Waals surface area contributed by atoms with Crippen LogP contribution in [0.1, 0.15) is 26.5 Å². The van der Waals surface area contributed by atoms with Gasteiger partial charge < -0.3 is 9.15 Å². The van der Waals surface area contributed by atoms with Crippen molar-refractivity contribution in [2.75, 3.05) is 6.61 Å². The second kappa shape index (κ2) is 7.36. The van der Waals surface area contributed by atoms with E-state index in [4.69, 9.17) is 9.15 Å². The molecule has 0 fully saturated rings. The standard InChI is InChI=1S/C13H12O4.C2H6/c1-2-16-13(15)8-9-7-11(14)10-5-3-4-6-12(10)17-9;1-2/h3-7H,2,8H2,1H3;1-2H3. The lowest BCUT2D eigenvalue weighted by molar-refractivity contribution is -0.142. The third-order valence-corrected chi connectivity index (χ3v) is 2.31. The summed E-state index contributed by atoms with van der Waals surface area (Å²) in [6, 6.07) is 8.27. The Morgan fingerprint density at radius 3 is 2.63 bits per heavy atom. The molecule has 4 heteroatoms. The second-order valence-corrected chi connectivity index (χ2v) is 3.55. The van der Waals surface area contributed by atoms with Gasteiger partial charge >= 0.3 is 5.97 Å². The van der Waals surface area contributed by atoms with Gasteiger partial charge in [0, 0.05) is 6.07 Å². The number of ether oxygens (including phenoxy) is 1. The van der Waals surface area contributed by atoms with Gasteiger partial charge in [-0.05, 0) is 19.1 Å². The zero-order valence-electron chi connectivity index (χ0n) is 11.4. The van der Waals surface area contributed by atoms with Gasteiger partial charge in [-0.15, -0.1) is 0 Å². The Kier molecular flexibility index (Phi) is 5.79. The van der Waals surface area contributed by atoms with E-state index < -0.39 is 5.97 Å². The quantitative estimate of drug-likeness (QED) is 0.798. The maximum atomic E-state index is 11.7. The summed E-state index contributed by atoms with van der Waals surface area (Å²) in [7, 11) is 0. The number of rotatable bonds is 3. The van der Waals surface area contributed by atoms with Gasteiger partial charge in [-0.2, -0.15) is 0 Å². The third-order valence-electron chi connectivity index (χ3n) is 2.31. The van der Waals surface area contributed by atoms with Crippen molar-refractivity contribution in [1.82, 2.24) is 0 Å². The summed E-state index contributed by atoms with van der Waals surface area (Å²) >= 11 is 0. The second-order valence-electron chi connectivity index (χ2n) is 3.55. The lowest BCUT2D eigenvalue weighted by atomic mass is 10.2. The molecule has 0 aliphatic heterocycles. The van der Waals surface area contributed by atoms with Crippen LogP contribution >= 0.6 is 0 Å². The van der Waals surface area contributed by atoms with E-state index in [1.807, 2.05) is 13.8 Å². The average molecular weight is 262 g/mol. The smallest absolute Gasteiger partial charge is 0.313 e. The Hall–Kier alpha value is -2.10. The number of para-hydroxylation sites is 1. The van der Waals surface area contributed by atoms with Crippen molar-refractivity contribution in [3.63, 3.8) is 0 Å². The average Bonchev–Trinajstić information content (AvgIpc) is 2.41. The molecule has 0 N–H and O–H groups in total. The Morgan fingerprint density at radius 2 is 1.95 bits per heavy atom. The number of fused-ring (bicyclic) bond motifs is 1. The minimum Gasteiger partial charge on any atom is -0.466 e. The zero-order valence-corrected chi connectivity index (χ0v) is 11.4. The number of carbonyl (C=O) groups excluding carboxylic acids is 1. The lowest BCUT2D eigenvalue weighted by Gasteiger charge is -2.02. The fourth-order valence-electron chi connectivity index (χ4n) is 1.60. The van der Waals surface area contributed by atoms with Gasteiger partial charge in [-0.1, -0.05) is 26.0 Å². The first-order valence-electron chi connectivity index (χ1n) is 6.38. The number of carbonyl (C=O) groups is 1.